The van der Waals surface area contributed by atoms with Crippen LogP contribution in [-0.4, -0.2) is 18.4 Å². The minimum absolute atomic E-state index is 1.48. The van der Waals surface area contributed by atoms with Gasteiger partial charge in [0, 0.05) is 0 Å². The molecule has 0 aromatic heterocycles. The molecule has 0 atom stereocenters. The predicted octanol–water partition coefficient (Wildman–Crippen LogP) is 2.18. The van der Waals surface area contributed by atoms with Gasteiger partial charge in [-0.3, -0.25) is 0 Å². The van der Waals surface area contributed by atoms with E-state index >= 15 is 0 Å². The number of carbonyl (C=O) groups is 1. The van der Waals surface area contributed by atoms with Crippen molar-refractivity contribution in [3.8, 4) is 0 Å². The van der Waals surface area contributed by atoms with E-state index < -0.39 is 18.4 Å². The number of hydrogen-bond donors (Lipinski definition) is 0. The SMILES string of the molecule is O=C(F)OC(F)(F)C(F)(F)OF. The maximum Gasteiger partial charge on any atom is 0.500 e. The zero-order chi connectivity index (χ0) is 9.99. The van der Waals surface area contributed by atoms with Crippen molar-refractivity contribution in [2.24, 2.45) is 0 Å². The Bertz CT molecular complexity index is 179. The molecule has 0 aliphatic rings. The fraction of sp³-hybridized carbons (Fsp3) is 0.667. The van der Waals surface area contributed by atoms with Crippen LogP contribution in [0.25, 0.3) is 0 Å². The Morgan fingerprint density at radius 3 is 1.75 bits per heavy atom. The second kappa shape index (κ2) is 3.17. The molecule has 3 nitrogen and oxygen atoms in total. The van der Waals surface area contributed by atoms with Crippen LogP contribution in [0.5, 0.6) is 0 Å². The molecule has 12 heavy (non-hydrogen) atoms. The quantitative estimate of drug-likeness (QED) is 0.514. The summed E-state index contributed by atoms with van der Waals surface area (Å²) in [5.74, 6) is 0. The molecule has 0 spiro atoms. The lowest BCUT2D eigenvalue weighted by Crippen LogP contribution is -2.44. The van der Waals surface area contributed by atoms with Crippen molar-refractivity contribution in [1.82, 2.24) is 0 Å². The summed E-state index contributed by atoms with van der Waals surface area (Å²) in [5.41, 5.74) is 0. The summed E-state index contributed by atoms with van der Waals surface area (Å²) in [4.78, 5) is 10.6. The summed E-state index contributed by atoms with van der Waals surface area (Å²) in [6.45, 7) is 0. The molecule has 0 rings (SSSR count). The van der Waals surface area contributed by atoms with E-state index in [0.29, 0.717) is 0 Å². The lowest BCUT2D eigenvalue weighted by atomic mass is 10.6. The fourth-order valence-corrected chi connectivity index (χ4v) is 0.205. The number of halogens is 6. The Kier molecular flexibility index (Phi) is 2.91. The smallest absolute Gasteiger partial charge is 0.368 e. The molecule has 0 amide bonds. The Labute approximate surface area is 60.8 Å². The van der Waals surface area contributed by atoms with E-state index in [1.165, 1.54) is 4.94 Å². The lowest BCUT2D eigenvalue weighted by molar-refractivity contribution is -0.469. The minimum Gasteiger partial charge on any atom is -0.368 e. The molecule has 72 valence electrons. The Hall–Kier alpha value is -0.990. The average Bonchev–Trinajstić information content (AvgIpc) is 1.84. The highest BCUT2D eigenvalue weighted by molar-refractivity contribution is 5.58. The van der Waals surface area contributed by atoms with Gasteiger partial charge in [-0.25, -0.2) is 4.79 Å². The van der Waals surface area contributed by atoms with Crippen LogP contribution in [0.3, 0.4) is 0 Å². The first kappa shape index (κ1) is 11.0. The van der Waals surface area contributed by atoms with E-state index in [2.05, 4.69) is 4.74 Å². The molecule has 0 radical (unpaired) electrons. The maximum absolute atomic E-state index is 11.7. The van der Waals surface area contributed by atoms with Crippen molar-refractivity contribution in [2.75, 3.05) is 0 Å². The van der Waals surface area contributed by atoms with Crippen molar-refractivity contribution in [3.05, 3.63) is 0 Å². The van der Waals surface area contributed by atoms with Gasteiger partial charge in [-0.1, -0.05) is 0 Å². The summed E-state index contributed by atoms with van der Waals surface area (Å²) < 4.78 is 70.1. The van der Waals surface area contributed by atoms with Gasteiger partial charge in [0.15, 0.2) is 0 Å². The molecule has 0 aromatic rings. The third-order valence-electron chi connectivity index (χ3n) is 0.644. The number of rotatable bonds is 3. The molecular weight excluding hydrogens is 198 g/mol. The average molecular weight is 198 g/mol. The molecule has 0 bridgehead atoms. The van der Waals surface area contributed by atoms with Gasteiger partial charge in [0.2, 0.25) is 0 Å². The standard InChI is InChI=1S/C3F6O3/c4-1(10)11-2(5,6)3(7,8)12-9. The van der Waals surface area contributed by atoms with Gasteiger partial charge < -0.3 is 4.74 Å². The molecule has 9 heteroatoms. The number of hydrogen-bond acceptors (Lipinski definition) is 3. The molecule has 0 aliphatic heterocycles. The van der Waals surface area contributed by atoms with Gasteiger partial charge in [-0.05, 0) is 4.53 Å². The molecule has 0 unspecified atom stereocenters. The summed E-state index contributed by atoms with van der Waals surface area (Å²) in [5, 5.41) is 0. The molecule has 0 aromatic carbocycles. The van der Waals surface area contributed by atoms with Crippen LogP contribution >= 0.6 is 0 Å². The summed E-state index contributed by atoms with van der Waals surface area (Å²) >= 11 is 0. The van der Waals surface area contributed by atoms with Crippen LogP contribution < -0.4 is 0 Å². The molecule has 0 N–H and O–H groups in total. The van der Waals surface area contributed by atoms with Crippen molar-refractivity contribution < 1.29 is 41.0 Å². The first-order valence-electron chi connectivity index (χ1n) is 2.17. The lowest BCUT2D eigenvalue weighted by Gasteiger charge is -2.18. The molecule has 0 aliphatic carbocycles. The predicted molar refractivity (Wildman–Crippen MR) is 19.7 cm³/mol. The van der Waals surface area contributed by atoms with Gasteiger partial charge in [-0.2, -0.15) is 17.6 Å². The van der Waals surface area contributed by atoms with E-state index in [-0.39, 0.29) is 0 Å². The van der Waals surface area contributed by atoms with E-state index in [4.69, 9.17) is 4.79 Å². The highest BCUT2D eigenvalue weighted by atomic mass is 19.4. The Balaban J connectivity index is 4.48. The number of ether oxygens (including phenoxy) is 1. The van der Waals surface area contributed by atoms with Crippen LogP contribution in [-0.2, 0) is 9.68 Å². The van der Waals surface area contributed by atoms with Crippen molar-refractivity contribution >= 4 is 6.22 Å². The van der Waals surface area contributed by atoms with E-state index in [0.717, 1.165) is 0 Å². The fourth-order valence-electron chi connectivity index (χ4n) is 0.205. The molecule has 0 fully saturated rings. The van der Waals surface area contributed by atoms with E-state index in [1.54, 1.807) is 0 Å². The van der Waals surface area contributed by atoms with Crippen LogP contribution in [0.1, 0.15) is 0 Å². The van der Waals surface area contributed by atoms with E-state index in [9.17, 15) is 26.5 Å². The largest absolute Gasteiger partial charge is 0.500 e. The second-order valence-electron chi connectivity index (χ2n) is 1.45. The summed E-state index contributed by atoms with van der Waals surface area (Å²) in [6.07, 6.45) is -14.6. The first-order chi connectivity index (χ1) is 5.23. The normalized spacial score (nSPS) is 12.8. The van der Waals surface area contributed by atoms with Crippen LogP contribution in [0.2, 0.25) is 0 Å². The Morgan fingerprint density at radius 2 is 1.50 bits per heavy atom. The van der Waals surface area contributed by atoms with Crippen LogP contribution in [0, 0.1) is 0 Å². The van der Waals surface area contributed by atoms with Gasteiger partial charge in [0.1, 0.15) is 0 Å². The highest BCUT2D eigenvalue weighted by Crippen LogP contribution is 2.36. The molecular formula is C3F6O3. The van der Waals surface area contributed by atoms with Crippen molar-refractivity contribution in [1.29, 1.82) is 0 Å². The van der Waals surface area contributed by atoms with Gasteiger partial charge in [-0.15, -0.1) is 9.33 Å². The highest BCUT2D eigenvalue weighted by Gasteiger charge is 2.64. The summed E-state index contributed by atoms with van der Waals surface area (Å²) in [7, 11) is 0. The van der Waals surface area contributed by atoms with Crippen molar-refractivity contribution in [3.63, 3.8) is 0 Å². The zero-order valence-electron chi connectivity index (χ0n) is 4.99. The van der Waals surface area contributed by atoms with Gasteiger partial charge in [0.25, 0.3) is 0 Å². The van der Waals surface area contributed by atoms with Crippen LogP contribution in [0.15, 0.2) is 0 Å². The molecule has 0 heterocycles. The molecule has 0 saturated heterocycles. The third-order valence-corrected chi connectivity index (χ3v) is 0.644. The van der Waals surface area contributed by atoms with Crippen molar-refractivity contribution in [2.45, 2.75) is 12.2 Å². The summed E-state index contributed by atoms with van der Waals surface area (Å²) in [6, 6.07) is 0. The number of carbonyl (C=O) groups excluding carboxylic acids is 1. The monoisotopic (exact) mass is 198 g/mol. The minimum atomic E-state index is -5.71. The second-order valence-corrected chi connectivity index (χ2v) is 1.45. The first-order valence-corrected chi connectivity index (χ1v) is 2.17. The van der Waals surface area contributed by atoms with E-state index in [1.807, 2.05) is 0 Å². The zero-order valence-corrected chi connectivity index (χ0v) is 4.99. The molecule has 0 saturated carbocycles. The third kappa shape index (κ3) is 2.26. The maximum atomic E-state index is 11.7. The van der Waals surface area contributed by atoms with Gasteiger partial charge >= 0.3 is 18.4 Å². The van der Waals surface area contributed by atoms with Crippen LogP contribution in [0.4, 0.5) is 31.3 Å². The number of alkyl halides is 4. The van der Waals surface area contributed by atoms with Gasteiger partial charge in [0.05, 0.1) is 0 Å². The Morgan fingerprint density at radius 1 is 1.08 bits per heavy atom. The topological polar surface area (TPSA) is 35.5 Å².